The van der Waals surface area contributed by atoms with E-state index < -0.39 is 0 Å². The number of hydrogen-bond donors (Lipinski definition) is 2. The van der Waals surface area contributed by atoms with Crippen molar-refractivity contribution < 1.29 is 9.53 Å². The standard InChI is InChI=1S/C12H26N2O2/c1-10(2)5-6-14-12(15)9-13-7-8-16-11(3)4/h10-11,13H,5-9H2,1-4H3,(H,14,15). The summed E-state index contributed by atoms with van der Waals surface area (Å²) in [5, 5.41) is 5.91. The van der Waals surface area contributed by atoms with Gasteiger partial charge in [-0.3, -0.25) is 4.79 Å². The predicted molar refractivity (Wildman–Crippen MR) is 66.4 cm³/mol. The summed E-state index contributed by atoms with van der Waals surface area (Å²) in [5.74, 6) is 0.692. The molecule has 0 aromatic carbocycles. The van der Waals surface area contributed by atoms with Crippen molar-refractivity contribution in [3.63, 3.8) is 0 Å². The zero-order chi connectivity index (χ0) is 12.4. The van der Waals surface area contributed by atoms with Crippen LogP contribution < -0.4 is 10.6 Å². The normalized spacial score (nSPS) is 11.1. The van der Waals surface area contributed by atoms with E-state index in [1.807, 2.05) is 13.8 Å². The average Bonchev–Trinajstić information content (AvgIpc) is 2.16. The third-order valence-electron chi connectivity index (χ3n) is 2.06. The topological polar surface area (TPSA) is 50.4 Å². The predicted octanol–water partition coefficient (Wildman–Crippen LogP) is 1.16. The quantitative estimate of drug-likeness (QED) is 0.584. The van der Waals surface area contributed by atoms with Crippen LogP contribution in [0.1, 0.15) is 34.1 Å². The molecule has 16 heavy (non-hydrogen) atoms. The van der Waals surface area contributed by atoms with Crippen molar-refractivity contribution in [3.8, 4) is 0 Å². The summed E-state index contributed by atoms with van der Waals surface area (Å²) in [6.07, 6.45) is 1.28. The van der Waals surface area contributed by atoms with Gasteiger partial charge in [0.2, 0.25) is 5.91 Å². The monoisotopic (exact) mass is 230 g/mol. The minimum Gasteiger partial charge on any atom is -0.377 e. The van der Waals surface area contributed by atoms with Gasteiger partial charge in [0, 0.05) is 13.1 Å². The van der Waals surface area contributed by atoms with E-state index >= 15 is 0 Å². The van der Waals surface area contributed by atoms with Gasteiger partial charge < -0.3 is 15.4 Å². The first-order valence-electron chi connectivity index (χ1n) is 6.11. The van der Waals surface area contributed by atoms with Crippen molar-refractivity contribution in [2.24, 2.45) is 5.92 Å². The van der Waals surface area contributed by atoms with Crippen molar-refractivity contribution >= 4 is 5.91 Å². The van der Waals surface area contributed by atoms with Crippen molar-refractivity contribution in [2.45, 2.75) is 40.2 Å². The summed E-state index contributed by atoms with van der Waals surface area (Å²) < 4.78 is 5.34. The molecule has 0 aliphatic heterocycles. The highest BCUT2D eigenvalue weighted by atomic mass is 16.5. The van der Waals surface area contributed by atoms with Crippen molar-refractivity contribution in [3.05, 3.63) is 0 Å². The van der Waals surface area contributed by atoms with Gasteiger partial charge >= 0.3 is 0 Å². The molecule has 4 nitrogen and oxygen atoms in total. The zero-order valence-corrected chi connectivity index (χ0v) is 11.0. The SMILES string of the molecule is CC(C)CCNC(=O)CNCCOC(C)C. The first-order valence-corrected chi connectivity index (χ1v) is 6.11. The first kappa shape index (κ1) is 15.4. The Balaban J connectivity index is 3.24. The molecule has 0 aromatic heterocycles. The molecular weight excluding hydrogens is 204 g/mol. The highest BCUT2D eigenvalue weighted by Crippen LogP contribution is 1.95. The number of nitrogens with one attached hydrogen (secondary N) is 2. The lowest BCUT2D eigenvalue weighted by Gasteiger charge is -2.09. The van der Waals surface area contributed by atoms with Gasteiger partial charge in [-0.15, -0.1) is 0 Å². The van der Waals surface area contributed by atoms with E-state index in [2.05, 4.69) is 24.5 Å². The van der Waals surface area contributed by atoms with Crippen LogP contribution in [-0.2, 0) is 9.53 Å². The molecule has 0 aromatic rings. The number of rotatable bonds is 9. The van der Waals surface area contributed by atoms with Crippen LogP contribution in [0.15, 0.2) is 0 Å². The first-order chi connectivity index (χ1) is 7.52. The lowest BCUT2D eigenvalue weighted by molar-refractivity contribution is -0.120. The highest BCUT2D eigenvalue weighted by molar-refractivity contribution is 5.77. The van der Waals surface area contributed by atoms with Gasteiger partial charge in [-0.05, 0) is 26.2 Å². The fourth-order valence-corrected chi connectivity index (χ4v) is 1.13. The number of hydrogen-bond acceptors (Lipinski definition) is 3. The summed E-state index contributed by atoms with van der Waals surface area (Å²) in [6.45, 7) is 10.8. The lowest BCUT2D eigenvalue weighted by Crippen LogP contribution is -2.36. The molecule has 96 valence electrons. The van der Waals surface area contributed by atoms with E-state index in [9.17, 15) is 4.79 Å². The maximum atomic E-state index is 11.3. The van der Waals surface area contributed by atoms with Crippen LogP contribution in [0.25, 0.3) is 0 Å². The summed E-state index contributed by atoms with van der Waals surface area (Å²) in [5.41, 5.74) is 0. The minimum atomic E-state index is 0.0604. The number of carbonyl (C=O) groups excluding carboxylic acids is 1. The minimum absolute atomic E-state index is 0.0604. The fraction of sp³-hybridized carbons (Fsp3) is 0.917. The average molecular weight is 230 g/mol. The summed E-state index contributed by atoms with van der Waals surface area (Å²) in [7, 11) is 0. The fourth-order valence-electron chi connectivity index (χ4n) is 1.13. The Morgan fingerprint density at radius 3 is 2.44 bits per heavy atom. The van der Waals surface area contributed by atoms with Crippen LogP contribution in [0.3, 0.4) is 0 Å². The molecule has 0 bridgehead atoms. The largest absolute Gasteiger partial charge is 0.377 e. The molecule has 4 heteroatoms. The number of carbonyl (C=O) groups is 1. The Hall–Kier alpha value is -0.610. The van der Waals surface area contributed by atoms with E-state index in [4.69, 9.17) is 4.74 Å². The van der Waals surface area contributed by atoms with Crippen molar-refractivity contribution in [1.29, 1.82) is 0 Å². The maximum absolute atomic E-state index is 11.3. The molecule has 0 radical (unpaired) electrons. The highest BCUT2D eigenvalue weighted by Gasteiger charge is 2.00. The Morgan fingerprint density at radius 1 is 1.19 bits per heavy atom. The van der Waals surface area contributed by atoms with E-state index in [0.29, 0.717) is 19.1 Å². The third-order valence-corrected chi connectivity index (χ3v) is 2.06. The Labute approximate surface area is 99.1 Å². The van der Waals surface area contributed by atoms with Crippen LogP contribution in [-0.4, -0.2) is 38.3 Å². The van der Waals surface area contributed by atoms with Gasteiger partial charge in [0.1, 0.15) is 0 Å². The van der Waals surface area contributed by atoms with E-state index in [0.717, 1.165) is 19.5 Å². The second-order valence-corrected chi connectivity index (χ2v) is 4.63. The number of amides is 1. The second-order valence-electron chi connectivity index (χ2n) is 4.63. The molecule has 2 N–H and O–H groups in total. The smallest absolute Gasteiger partial charge is 0.233 e. The van der Waals surface area contributed by atoms with Gasteiger partial charge in [-0.1, -0.05) is 13.8 Å². The van der Waals surface area contributed by atoms with Crippen molar-refractivity contribution in [1.82, 2.24) is 10.6 Å². The van der Waals surface area contributed by atoms with Crippen LogP contribution in [0.5, 0.6) is 0 Å². The number of ether oxygens (including phenoxy) is 1. The van der Waals surface area contributed by atoms with Gasteiger partial charge in [0.25, 0.3) is 0 Å². The molecule has 0 aliphatic rings. The summed E-state index contributed by atoms with van der Waals surface area (Å²) >= 11 is 0. The van der Waals surface area contributed by atoms with E-state index in [1.54, 1.807) is 0 Å². The Morgan fingerprint density at radius 2 is 1.88 bits per heavy atom. The molecule has 0 aliphatic carbocycles. The Bertz CT molecular complexity index is 182. The van der Waals surface area contributed by atoms with Crippen LogP contribution >= 0.6 is 0 Å². The summed E-state index contributed by atoms with van der Waals surface area (Å²) in [4.78, 5) is 11.3. The summed E-state index contributed by atoms with van der Waals surface area (Å²) in [6, 6.07) is 0. The van der Waals surface area contributed by atoms with E-state index in [-0.39, 0.29) is 12.0 Å². The molecule has 0 fully saturated rings. The third kappa shape index (κ3) is 11.5. The molecule has 0 saturated carbocycles. The molecule has 0 unspecified atom stereocenters. The van der Waals surface area contributed by atoms with Gasteiger partial charge in [-0.25, -0.2) is 0 Å². The van der Waals surface area contributed by atoms with Gasteiger partial charge in [0.05, 0.1) is 19.3 Å². The van der Waals surface area contributed by atoms with E-state index in [1.165, 1.54) is 0 Å². The van der Waals surface area contributed by atoms with Crippen LogP contribution in [0.2, 0.25) is 0 Å². The lowest BCUT2D eigenvalue weighted by atomic mass is 10.1. The van der Waals surface area contributed by atoms with Gasteiger partial charge in [0.15, 0.2) is 0 Å². The second kappa shape index (κ2) is 9.60. The molecule has 0 atom stereocenters. The zero-order valence-electron chi connectivity index (χ0n) is 11.0. The van der Waals surface area contributed by atoms with Crippen LogP contribution in [0.4, 0.5) is 0 Å². The van der Waals surface area contributed by atoms with Crippen molar-refractivity contribution in [2.75, 3.05) is 26.2 Å². The van der Waals surface area contributed by atoms with Crippen LogP contribution in [0, 0.1) is 5.92 Å². The molecule has 0 saturated heterocycles. The molecule has 0 heterocycles. The molecule has 0 rings (SSSR count). The van der Waals surface area contributed by atoms with Gasteiger partial charge in [-0.2, -0.15) is 0 Å². The Kier molecular flexibility index (Phi) is 9.24. The molecular formula is C12H26N2O2. The molecule has 0 spiro atoms. The maximum Gasteiger partial charge on any atom is 0.233 e. The molecule has 1 amide bonds.